The lowest BCUT2D eigenvalue weighted by atomic mass is 10.4. The molecule has 0 radical (unpaired) electrons. The first-order valence-electron chi connectivity index (χ1n) is 3.49. The summed E-state index contributed by atoms with van der Waals surface area (Å²) in [4.78, 5) is 4.22. The van der Waals surface area contributed by atoms with Crippen molar-refractivity contribution in [2.75, 3.05) is 7.11 Å². The van der Waals surface area contributed by atoms with E-state index in [1.54, 1.807) is 7.11 Å². The summed E-state index contributed by atoms with van der Waals surface area (Å²) in [6, 6.07) is 5.72. The monoisotopic (exact) mass is 226 g/mol. The van der Waals surface area contributed by atoms with Crippen LogP contribution in [0.2, 0.25) is 0 Å². The third-order valence-corrected chi connectivity index (χ3v) is 2.02. The summed E-state index contributed by atoms with van der Waals surface area (Å²) in [5, 5.41) is 0. The molecule has 2 aromatic rings. The Morgan fingerprint density at radius 2 is 2.33 bits per heavy atom. The molecule has 12 heavy (non-hydrogen) atoms. The highest BCUT2D eigenvalue weighted by molar-refractivity contribution is 9.10. The minimum Gasteiger partial charge on any atom is -0.482 e. The largest absolute Gasteiger partial charge is 0.482 e. The number of hydrogen-bond donors (Lipinski definition) is 0. The van der Waals surface area contributed by atoms with Gasteiger partial charge >= 0.3 is 0 Å². The van der Waals surface area contributed by atoms with Crippen LogP contribution in [0.15, 0.2) is 29.0 Å². The summed E-state index contributed by atoms with van der Waals surface area (Å²) >= 11 is 3.30. The Morgan fingerprint density at radius 3 is 3.08 bits per heavy atom. The minimum absolute atomic E-state index is 0.783. The number of halogens is 1. The molecule has 0 spiro atoms. The Labute approximate surface area is 78.1 Å². The van der Waals surface area contributed by atoms with Crippen LogP contribution in [-0.4, -0.2) is 16.5 Å². The Kier molecular flexibility index (Phi) is 1.77. The van der Waals surface area contributed by atoms with Gasteiger partial charge in [0.15, 0.2) is 5.88 Å². The standard InChI is InChI=1S/C8H7BrN2O/c1-12-8-4-2-3-7-10-6(9)5-11(7)8/h2-5H,1H3. The minimum atomic E-state index is 0.783. The molecule has 2 rings (SSSR count). The van der Waals surface area contributed by atoms with Crippen molar-refractivity contribution in [2.24, 2.45) is 0 Å². The Morgan fingerprint density at radius 1 is 1.50 bits per heavy atom. The maximum Gasteiger partial charge on any atom is 0.199 e. The van der Waals surface area contributed by atoms with Gasteiger partial charge in [0, 0.05) is 6.20 Å². The van der Waals surface area contributed by atoms with Crippen LogP contribution < -0.4 is 4.74 Å². The van der Waals surface area contributed by atoms with Gasteiger partial charge in [-0.15, -0.1) is 0 Å². The molecule has 4 heteroatoms. The van der Waals surface area contributed by atoms with E-state index < -0.39 is 0 Å². The average molecular weight is 227 g/mol. The zero-order chi connectivity index (χ0) is 8.55. The van der Waals surface area contributed by atoms with Gasteiger partial charge in [-0.2, -0.15) is 0 Å². The zero-order valence-electron chi connectivity index (χ0n) is 6.49. The molecule has 2 heterocycles. The Hall–Kier alpha value is -1.03. The summed E-state index contributed by atoms with van der Waals surface area (Å²) in [6.45, 7) is 0. The van der Waals surface area contributed by atoms with Crippen molar-refractivity contribution in [1.29, 1.82) is 0 Å². The molecule has 0 saturated carbocycles. The van der Waals surface area contributed by atoms with Gasteiger partial charge in [0.25, 0.3) is 0 Å². The van der Waals surface area contributed by atoms with Crippen LogP contribution in [0.4, 0.5) is 0 Å². The fraction of sp³-hybridized carbons (Fsp3) is 0.125. The van der Waals surface area contributed by atoms with Crippen LogP contribution in [0.5, 0.6) is 5.88 Å². The third-order valence-electron chi connectivity index (χ3n) is 1.63. The smallest absolute Gasteiger partial charge is 0.199 e. The number of fused-ring (bicyclic) bond motifs is 1. The van der Waals surface area contributed by atoms with Gasteiger partial charge in [-0.05, 0) is 28.1 Å². The summed E-state index contributed by atoms with van der Waals surface area (Å²) in [7, 11) is 1.64. The van der Waals surface area contributed by atoms with Crippen LogP contribution >= 0.6 is 15.9 Å². The first-order valence-corrected chi connectivity index (χ1v) is 4.28. The molecule has 0 unspecified atom stereocenters. The number of ether oxygens (including phenoxy) is 1. The van der Waals surface area contributed by atoms with Crippen LogP contribution in [0.25, 0.3) is 5.65 Å². The molecule has 0 bridgehead atoms. The van der Waals surface area contributed by atoms with Crippen molar-refractivity contribution in [2.45, 2.75) is 0 Å². The fourth-order valence-corrected chi connectivity index (χ4v) is 1.51. The summed E-state index contributed by atoms with van der Waals surface area (Å²) in [5.74, 6) is 0.783. The fourth-order valence-electron chi connectivity index (χ4n) is 1.12. The maximum atomic E-state index is 5.14. The zero-order valence-corrected chi connectivity index (χ0v) is 8.08. The number of hydrogen-bond acceptors (Lipinski definition) is 2. The van der Waals surface area contributed by atoms with E-state index >= 15 is 0 Å². The van der Waals surface area contributed by atoms with E-state index in [0.717, 1.165) is 16.1 Å². The van der Waals surface area contributed by atoms with Gasteiger partial charge in [-0.25, -0.2) is 4.98 Å². The molecule has 2 aromatic heterocycles. The van der Waals surface area contributed by atoms with E-state index in [2.05, 4.69) is 20.9 Å². The van der Waals surface area contributed by atoms with Gasteiger partial charge in [-0.1, -0.05) is 6.07 Å². The van der Waals surface area contributed by atoms with Crippen molar-refractivity contribution in [1.82, 2.24) is 9.38 Å². The van der Waals surface area contributed by atoms with Crippen LogP contribution in [-0.2, 0) is 0 Å². The van der Waals surface area contributed by atoms with Gasteiger partial charge in [0.2, 0.25) is 0 Å². The second kappa shape index (κ2) is 2.79. The normalized spacial score (nSPS) is 10.5. The molecule has 0 aliphatic heterocycles. The lowest BCUT2D eigenvalue weighted by Gasteiger charge is -2.01. The van der Waals surface area contributed by atoms with E-state index in [1.807, 2.05) is 28.8 Å². The summed E-state index contributed by atoms with van der Waals surface area (Å²) < 4.78 is 7.83. The Bertz CT molecular complexity index is 410. The van der Waals surface area contributed by atoms with Crippen LogP contribution in [0, 0.1) is 0 Å². The second-order valence-corrected chi connectivity index (χ2v) is 3.17. The molecule has 0 aromatic carbocycles. The van der Waals surface area contributed by atoms with Crippen molar-refractivity contribution in [3.63, 3.8) is 0 Å². The molecular weight excluding hydrogens is 220 g/mol. The number of pyridine rings is 1. The van der Waals surface area contributed by atoms with E-state index in [9.17, 15) is 0 Å². The van der Waals surface area contributed by atoms with Gasteiger partial charge < -0.3 is 4.74 Å². The highest BCUT2D eigenvalue weighted by Gasteiger charge is 2.01. The predicted molar refractivity (Wildman–Crippen MR) is 49.4 cm³/mol. The van der Waals surface area contributed by atoms with E-state index in [4.69, 9.17) is 4.74 Å². The van der Waals surface area contributed by atoms with E-state index in [1.165, 1.54) is 0 Å². The number of imidazole rings is 1. The number of methoxy groups -OCH3 is 1. The van der Waals surface area contributed by atoms with Crippen LogP contribution in [0.1, 0.15) is 0 Å². The lowest BCUT2D eigenvalue weighted by molar-refractivity contribution is 0.392. The topological polar surface area (TPSA) is 26.5 Å². The third kappa shape index (κ3) is 1.08. The van der Waals surface area contributed by atoms with E-state index in [0.29, 0.717) is 0 Å². The highest BCUT2D eigenvalue weighted by atomic mass is 79.9. The van der Waals surface area contributed by atoms with E-state index in [-0.39, 0.29) is 0 Å². The summed E-state index contributed by atoms with van der Waals surface area (Å²) in [6.07, 6.45) is 1.87. The SMILES string of the molecule is COc1cccc2nc(Br)cn12. The average Bonchev–Trinajstić information content (AvgIpc) is 2.44. The lowest BCUT2D eigenvalue weighted by Crippen LogP contribution is -1.91. The van der Waals surface area contributed by atoms with Crippen molar-refractivity contribution < 1.29 is 4.74 Å². The first-order chi connectivity index (χ1) is 5.81. The second-order valence-electron chi connectivity index (χ2n) is 2.36. The van der Waals surface area contributed by atoms with Crippen molar-refractivity contribution in [3.8, 4) is 5.88 Å². The number of aromatic nitrogens is 2. The molecule has 0 N–H and O–H groups in total. The highest BCUT2D eigenvalue weighted by Crippen LogP contribution is 2.17. The molecule has 0 saturated heterocycles. The molecule has 62 valence electrons. The van der Waals surface area contributed by atoms with Gasteiger partial charge in [0.05, 0.1) is 7.11 Å². The van der Waals surface area contributed by atoms with Crippen LogP contribution in [0.3, 0.4) is 0 Å². The molecule has 3 nitrogen and oxygen atoms in total. The molecule has 0 fully saturated rings. The first kappa shape index (κ1) is 7.61. The molecule has 0 amide bonds. The molecule has 0 atom stereocenters. The quantitative estimate of drug-likeness (QED) is 0.745. The van der Waals surface area contributed by atoms with Gasteiger partial charge in [-0.3, -0.25) is 4.40 Å². The van der Waals surface area contributed by atoms with Gasteiger partial charge in [0.1, 0.15) is 10.3 Å². The van der Waals surface area contributed by atoms with Crippen molar-refractivity contribution >= 4 is 21.6 Å². The molecule has 0 aliphatic rings. The number of rotatable bonds is 1. The predicted octanol–water partition coefficient (Wildman–Crippen LogP) is 2.11. The molecule has 0 aliphatic carbocycles. The molecular formula is C8H7BrN2O. The Balaban J connectivity index is 2.78. The van der Waals surface area contributed by atoms with Crippen molar-refractivity contribution in [3.05, 3.63) is 29.0 Å². The number of nitrogens with zero attached hydrogens (tertiary/aromatic N) is 2. The summed E-state index contributed by atoms with van der Waals surface area (Å²) in [5.41, 5.74) is 0.876. The maximum absolute atomic E-state index is 5.14.